The number of amides is 2. The fourth-order valence-electron chi connectivity index (χ4n) is 3.42. The van der Waals surface area contributed by atoms with Gasteiger partial charge in [0.25, 0.3) is 5.91 Å². The Morgan fingerprint density at radius 3 is 2.63 bits per heavy atom. The van der Waals surface area contributed by atoms with Crippen LogP contribution in [0.1, 0.15) is 19.4 Å². The van der Waals surface area contributed by atoms with E-state index in [-0.39, 0.29) is 18.4 Å². The Kier molecular flexibility index (Phi) is 5.56. The van der Waals surface area contributed by atoms with Gasteiger partial charge in [-0.05, 0) is 28.8 Å². The minimum absolute atomic E-state index is 0.00876. The van der Waals surface area contributed by atoms with Crippen LogP contribution in [0.25, 0.3) is 11.1 Å². The Bertz CT molecular complexity index is 822. The zero-order chi connectivity index (χ0) is 19.4. The van der Waals surface area contributed by atoms with E-state index in [1.54, 1.807) is 17.3 Å². The number of aromatic nitrogens is 1. The molecule has 1 fully saturated rings. The van der Waals surface area contributed by atoms with E-state index in [9.17, 15) is 9.59 Å². The molecule has 0 aliphatic carbocycles. The average molecular weight is 367 g/mol. The number of morpholine rings is 1. The van der Waals surface area contributed by atoms with Gasteiger partial charge in [-0.2, -0.15) is 0 Å². The van der Waals surface area contributed by atoms with Crippen LogP contribution in [0.4, 0.5) is 0 Å². The lowest BCUT2D eigenvalue weighted by atomic mass is 9.90. The summed E-state index contributed by atoms with van der Waals surface area (Å²) in [7, 11) is 0. The van der Waals surface area contributed by atoms with Crippen molar-refractivity contribution in [2.45, 2.75) is 25.9 Å². The van der Waals surface area contributed by atoms with Crippen molar-refractivity contribution in [3.8, 4) is 11.1 Å². The molecular formula is C21H25N3O3. The Morgan fingerprint density at radius 1 is 1.22 bits per heavy atom. The van der Waals surface area contributed by atoms with Gasteiger partial charge in [0.05, 0.1) is 13.2 Å². The van der Waals surface area contributed by atoms with E-state index < -0.39 is 11.5 Å². The maximum absolute atomic E-state index is 12.4. The first-order chi connectivity index (χ1) is 12.9. The number of carbonyl (C=O) groups is 2. The van der Waals surface area contributed by atoms with Gasteiger partial charge in [-0.3, -0.25) is 14.6 Å². The van der Waals surface area contributed by atoms with Crippen LogP contribution in [0.5, 0.6) is 0 Å². The third-order valence-corrected chi connectivity index (χ3v) is 4.87. The lowest BCUT2D eigenvalue weighted by Gasteiger charge is -2.41. The minimum atomic E-state index is -1.21. The normalized spacial score (nSPS) is 19.9. The van der Waals surface area contributed by atoms with Crippen molar-refractivity contribution in [3.05, 3.63) is 54.4 Å². The van der Waals surface area contributed by atoms with Crippen LogP contribution in [-0.2, 0) is 20.7 Å². The highest BCUT2D eigenvalue weighted by Crippen LogP contribution is 2.27. The maximum atomic E-state index is 12.4. The fraction of sp³-hybridized carbons (Fsp3) is 0.381. The molecule has 1 aromatic carbocycles. The summed E-state index contributed by atoms with van der Waals surface area (Å²) in [5.41, 5.74) is 7.52. The van der Waals surface area contributed by atoms with E-state index in [0.717, 1.165) is 16.7 Å². The van der Waals surface area contributed by atoms with Crippen molar-refractivity contribution in [2.75, 3.05) is 19.7 Å². The van der Waals surface area contributed by atoms with Gasteiger partial charge in [0.15, 0.2) is 5.60 Å². The van der Waals surface area contributed by atoms with Crippen LogP contribution < -0.4 is 5.73 Å². The topological polar surface area (TPSA) is 85.5 Å². The Morgan fingerprint density at radius 2 is 1.96 bits per heavy atom. The van der Waals surface area contributed by atoms with E-state index in [1.165, 1.54) is 0 Å². The predicted octanol–water partition coefficient (Wildman–Crippen LogP) is 2.03. The van der Waals surface area contributed by atoms with Crippen LogP contribution in [0.2, 0.25) is 0 Å². The smallest absolute Gasteiger partial charge is 0.251 e. The van der Waals surface area contributed by atoms with Crippen molar-refractivity contribution in [3.63, 3.8) is 0 Å². The number of hydrogen-bond donors (Lipinski definition) is 1. The zero-order valence-corrected chi connectivity index (χ0v) is 15.7. The number of nitrogens with two attached hydrogens (primary N) is 1. The Balaban J connectivity index is 1.87. The van der Waals surface area contributed by atoms with Crippen molar-refractivity contribution in [1.82, 2.24) is 9.88 Å². The second-order valence-corrected chi connectivity index (χ2v) is 7.23. The summed E-state index contributed by atoms with van der Waals surface area (Å²) in [4.78, 5) is 30.5. The third-order valence-electron chi connectivity index (χ3n) is 4.87. The zero-order valence-electron chi connectivity index (χ0n) is 15.7. The summed E-state index contributed by atoms with van der Waals surface area (Å²) in [6.07, 6.45) is 3.81. The molecule has 0 spiro atoms. The number of nitrogens with zero attached hydrogens (tertiary/aromatic N) is 2. The number of hydrogen-bond acceptors (Lipinski definition) is 4. The van der Waals surface area contributed by atoms with Crippen LogP contribution >= 0.6 is 0 Å². The number of rotatable bonds is 5. The fourth-order valence-corrected chi connectivity index (χ4v) is 3.42. The van der Waals surface area contributed by atoms with Crippen LogP contribution in [0.3, 0.4) is 0 Å². The highest BCUT2D eigenvalue weighted by Gasteiger charge is 2.44. The van der Waals surface area contributed by atoms with Crippen LogP contribution in [0, 0.1) is 5.92 Å². The second-order valence-electron chi connectivity index (χ2n) is 7.23. The molecule has 2 N–H and O–H groups in total. The van der Waals surface area contributed by atoms with E-state index >= 15 is 0 Å². The summed E-state index contributed by atoms with van der Waals surface area (Å²) in [6, 6.07) is 11.8. The molecule has 0 radical (unpaired) electrons. The van der Waals surface area contributed by atoms with Gasteiger partial charge < -0.3 is 15.4 Å². The van der Waals surface area contributed by atoms with E-state index in [4.69, 9.17) is 10.5 Å². The summed E-state index contributed by atoms with van der Waals surface area (Å²) >= 11 is 0. The molecule has 1 atom stereocenters. The highest BCUT2D eigenvalue weighted by atomic mass is 16.5. The highest BCUT2D eigenvalue weighted by molar-refractivity contribution is 5.86. The van der Waals surface area contributed by atoms with E-state index in [0.29, 0.717) is 19.6 Å². The SMILES string of the molecule is CC(C)C(=O)N1CCOC(Cc2cccc(-c3ccncc3)c2)(C(N)=O)C1. The van der Waals surface area contributed by atoms with Crippen molar-refractivity contribution >= 4 is 11.8 Å². The molecular weight excluding hydrogens is 342 g/mol. The number of ether oxygens (including phenoxy) is 1. The molecule has 2 amide bonds. The van der Waals surface area contributed by atoms with Gasteiger partial charge in [-0.1, -0.05) is 38.1 Å². The average Bonchev–Trinajstić information content (AvgIpc) is 2.68. The first kappa shape index (κ1) is 19.0. The summed E-state index contributed by atoms with van der Waals surface area (Å²) in [5, 5.41) is 0. The number of primary amides is 1. The molecule has 1 unspecified atom stereocenters. The van der Waals surface area contributed by atoms with Crippen LogP contribution in [0.15, 0.2) is 48.8 Å². The molecule has 6 heteroatoms. The molecule has 1 aliphatic rings. The van der Waals surface area contributed by atoms with Crippen molar-refractivity contribution in [2.24, 2.45) is 11.7 Å². The molecule has 2 heterocycles. The minimum Gasteiger partial charge on any atom is -0.367 e. The van der Waals surface area contributed by atoms with Crippen molar-refractivity contribution in [1.29, 1.82) is 0 Å². The Labute approximate surface area is 159 Å². The Hall–Kier alpha value is -2.73. The first-order valence-corrected chi connectivity index (χ1v) is 9.13. The molecule has 0 saturated carbocycles. The molecule has 1 aliphatic heterocycles. The predicted molar refractivity (Wildman–Crippen MR) is 103 cm³/mol. The third kappa shape index (κ3) is 4.17. The molecule has 3 rings (SSSR count). The van der Waals surface area contributed by atoms with E-state index in [2.05, 4.69) is 4.98 Å². The molecule has 1 aromatic heterocycles. The maximum Gasteiger partial charge on any atom is 0.251 e. The van der Waals surface area contributed by atoms with E-state index in [1.807, 2.05) is 50.2 Å². The van der Waals surface area contributed by atoms with Gasteiger partial charge in [0.1, 0.15) is 0 Å². The quantitative estimate of drug-likeness (QED) is 0.876. The first-order valence-electron chi connectivity index (χ1n) is 9.13. The lowest BCUT2D eigenvalue weighted by molar-refractivity contribution is -0.165. The molecule has 2 aromatic rings. The molecule has 142 valence electrons. The summed E-state index contributed by atoms with van der Waals surface area (Å²) < 4.78 is 5.86. The lowest BCUT2D eigenvalue weighted by Crippen LogP contribution is -2.61. The van der Waals surface area contributed by atoms with Gasteiger partial charge in [0, 0.05) is 31.3 Å². The van der Waals surface area contributed by atoms with Gasteiger partial charge in [-0.25, -0.2) is 0 Å². The van der Waals surface area contributed by atoms with Gasteiger partial charge >= 0.3 is 0 Å². The molecule has 27 heavy (non-hydrogen) atoms. The summed E-state index contributed by atoms with van der Waals surface area (Å²) in [6.45, 7) is 4.65. The largest absolute Gasteiger partial charge is 0.367 e. The van der Waals surface area contributed by atoms with Crippen LogP contribution in [-0.4, -0.2) is 47.0 Å². The number of pyridine rings is 1. The second kappa shape index (κ2) is 7.88. The van der Waals surface area contributed by atoms with Gasteiger partial charge in [0.2, 0.25) is 5.91 Å². The number of benzene rings is 1. The molecule has 1 saturated heterocycles. The molecule has 0 bridgehead atoms. The van der Waals surface area contributed by atoms with Gasteiger partial charge in [-0.15, -0.1) is 0 Å². The molecule has 6 nitrogen and oxygen atoms in total. The number of carbonyl (C=O) groups excluding carboxylic acids is 2. The summed E-state index contributed by atoms with van der Waals surface area (Å²) in [5.74, 6) is -0.670. The standard InChI is InChI=1S/C21H25N3O3/c1-15(2)19(25)24-10-11-27-21(14-24,20(22)26)13-16-4-3-5-18(12-16)17-6-8-23-9-7-17/h3-9,12,15H,10-11,13-14H2,1-2H3,(H2,22,26). The van der Waals surface area contributed by atoms with Crippen molar-refractivity contribution < 1.29 is 14.3 Å². The monoisotopic (exact) mass is 367 g/mol.